The molecule has 1 unspecified atom stereocenters. The first kappa shape index (κ1) is 26.3. The third-order valence-electron chi connectivity index (χ3n) is 6.58. The van der Waals surface area contributed by atoms with E-state index in [2.05, 4.69) is 15.2 Å². The number of fused-ring (bicyclic) bond motifs is 1. The molecule has 6 rings (SSSR count). The number of imidazole rings is 1. The fraction of sp³-hybridized carbons (Fsp3) is 0.107. The SMILES string of the molecule is Cc1nc2ccccn2c1C(O)=C1C(=O)C(=O)N(c2nnc(SCc3ccccc3)s2)C1c1cccc([N+](=O)[O-])c1. The predicted octanol–water partition coefficient (Wildman–Crippen LogP) is 5.32. The summed E-state index contributed by atoms with van der Waals surface area (Å²) in [6.07, 6.45) is 1.68. The molecular weight excluding hydrogens is 564 g/mol. The molecule has 0 radical (unpaired) electrons. The molecule has 1 fully saturated rings. The van der Waals surface area contributed by atoms with Crippen LogP contribution < -0.4 is 4.90 Å². The van der Waals surface area contributed by atoms with Crippen LogP contribution in [0, 0.1) is 17.0 Å². The summed E-state index contributed by atoms with van der Waals surface area (Å²) in [7, 11) is 0. The number of aromatic nitrogens is 4. The molecule has 2 aromatic carbocycles. The number of anilines is 1. The lowest BCUT2D eigenvalue weighted by atomic mass is 9.96. The normalized spacial score (nSPS) is 16.5. The smallest absolute Gasteiger partial charge is 0.301 e. The van der Waals surface area contributed by atoms with E-state index in [1.165, 1.54) is 30.0 Å². The minimum Gasteiger partial charge on any atom is -0.505 e. The summed E-state index contributed by atoms with van der Waals surface area (Å²) in [6, 6.07) is 19.5. The number of nitrogens with zero attached hydrogens (tertiary/aromatic N) is 6. The Labute approximate surface area is 241 Å². The molecule has 13 heteroatoms. The molecule has 1 saturated heterocycles. The second-order valence-electron chi connectivity index (χ2n) is 9.12. The number of thioether (sulfide) groups is 1. The highest BCUT2D eigenvalue weighted by atomic mass is 32.2. The van der Waals surface area contributed by atoms with Gasteiger partial charge in [0, 0.05) is 24.1 Å². The van der Waals surface area contributed by atoms with E-state index in [1.54, 1.807) is 41.8 Å². The number of hydrogen-bond acceptors (Lipinski definition) is 10. The van der Waals surface area contributed by atoms with Gasteiger partial charge in [0.2, 0.25) is 5.13 Å². The quantitative estimate of drug-likeness (QED) is 0.0511. The molecule has 1 aliphatic heterocycles. The fourth-order valence-electron chi connectivity index (χ4n) is 4.76. The molecule has 0 bridgehead atoms. The Bertz CT molecular complexity index is 1870. The van der Waals surface area contributed by atoms with Gasteiger partial charge in [-0.1, -0.05) is 71.6 Å². The van der Waals surface area contributed by atoms with E-state index in [0.717, 1.165) is 21.8 Å². The van der Waals surface area contributed by atoms with Crippen LogP contribution >= 0.6 is 23.1 Å². The predicted molar refractivity (Wildman–Crippen MR) is 154 cm³/mol. The van der Waals surface area contributed by atoms with Crippen LogP contribution in [0.5, 0.6) is 0 Å². The van der Waals surface area contributed by atoms with Gasteiger partial charge in [0.05, 0.1) is 22.2 Å². The zero-order valence-electron chi connectivity index (χ0n) is 21.4. The number of aliphatic hydroxyl groups excluding tert-OH is 1. The molecule has 4 heterocycles. The number of hydrogen-bond donors (Lipinski definition) is 1. The highest BCUT2D eigenvalue weighted by Gasteiger charge is 2.49. The molecule has 41 heavy (non-hydrogen) atoms. The molecule has 0 aliphatic carbocycles. The lowest BCUT2D eigenvalue weighted by Crippen LogP contribution is -2.29. The number of aryl methyl sites for hydroxylation is 1. The van der Waals surface area contributed by atoms with Gasteiger partial charge in [-0.05, 0) is 30.2 Å². The number of carbonyl (C=O) groups is 2. The lowest BCUT2D eigenvalue weighted by Gasteiger charge is -2.22. The maximum Gasteiger partial charge on any atom is 0.301 e. The number of amides is 1. The van der Waals surface area contributed by atoms with Crippen molar-refractivity contribution in [2.24, 2.45) is 0 Å². The fourth-order valence-corrected chi connectivity index (χ4v) is 6.58. The maximum absolute atomic E-state index is 13.6. The van der Waals surface area contributed by atoms with Gasteiger partial charge < -0.3 is 5.11 Å². The van der Waals surface area contributed by atoms with Gasteiger partial charge in [-0.15, -0.1) is 10.2 Å². The van der Waals surface area contributed by atoms with Crippen LogP contribution in [0.25, 0.3) is 11.4 Å². The second-order valence-corrected chi connectivity index (χ2v) is 11.3. The molecule has 1 N–H and O–H groups in total. The summed E-state index contributed by atoms with van der Waals surface area (Å²) in [5, 5.41) is 31.8. The number of aliphatic hydroxyl groups is 1. The molecule has 1 aliphatic rings. The summed E-state index contributed by atoms with van der Waals surface area (Å²) in [5.74, 6) is -1.69. The Morgan fingerprint density at radius 1 is 1.07 bits per heavy atom. The summed E-state index contributed by atoms with van der Waals surface area (Å²) in [6.45, 7) is 1.68. The molecule has 0 spiro atoms. The zero-order chi connectivity index (χ0) is 28.7. The van der Waals surface area contributed by atoms with E-state index in [1.807, 2.05) is 30.3 Å². The first-order valence-electron chi connectivity index (χ1n) is 12.3. The summed E-state index contributed by atoms with van der Waals surface area (Å²) in [4.78, 5) is 43.7. The van der Waals surface area contributed by atoms with Crippen molar-refractivity contribution in [3.8, 4) is 0 Å². The molecule has 204 valence electrons. The average molecular weight is 585 g/mol. The number of benzene rings is 2. The van der Waals surface area contributed by atoms with Crippen LogP contribution in [0.2, 0.25) is 0 Å². The van der Waals surface area contributed by atoms with Gasteiger partial charge in [0.15, 0.2) is 10.1 Å². The van der Waals surface area contributed by atoms with E-state index in [0.29, 0.717) is 21.4 Å². The van der Waals surface area contributed by atoms with Gasteiger partial charge >= 0.3 is 5.91 Å². The van der Waals surface area contributed by atoms with Crippen molar-refractivity contribution >= 4 is 57.0 Å². The van der Waals surface area contributed by atoms with Crippen molar-refractivity contribution in [3.63, 3.8) is 0 Å². The van der Waals surface area contributed by atoms with Gasteiger partial charge in [-0.2, -0.15) is 0 Å². The molecule has 3 aromatic heterocycles. The summed E-state index contributed by atoms with van der Waals surface area (Å²) >= 11 is 2.55. The van der Waals surface area contributed by atoms with Crippen LogP contribution in [0.1, 0.15) is 28.6 Å². The van der Waals surface area contributed by atoms with Crippen LogP contribution in [-0.4, -0.2) is 41.3 Å². The Morgan fingerprint density at radius 3 is 2.63 bits per heavy atom. The van der Waals surface area contributed by atoms with Gasteiger partial charge in [-0.3, -0.25) is 29.0 Å². The van der Waals surface area contributed by atoms with E-state index in [-0.39, 0.29) is 27.6 Å². The van der Waals surface area contributed by atoms with Crippen LogP contribution in [0.4, 0.5) is 10.8 Å². The standard InChI is InChI=1S/C28H20N6O5S2/c1-16-22(32-13-6-5-12-20(32)29-16)24(35)21-23(18-10-7-11-19(14-18)34(38)39)33(26(37)25(21)36)27-30-31-28(41-27)40-15-17-8-3-2-4-9-17/h2-14,23,35H,15H2,1H3. The van der Waals surface area contributed by atoms with Crippen molar-refractivity contribution in [1.29, 1.82) is 0 Å². The average Bonchev–Trinajstić information content (AvgIpc) is 3.66. The van der Waals surface area contributed by atoms with E-state index in [9.17, 15) is 24.8 Å². The largest absolute Gasteiger partial charge is 0.505 e. The first-order valence-corrected chi connectivity index (χ1v) is 14.1. The molecule has 1 amide bonds. The Kier molecular flexibility index (Phi) is 6.81. The monoisotopic (exact) mass is 584 g/mol. The van der Waals surface area contributed by atoms with Crippen molar-refractivity contribution in [1.82, 2.24) is 19.6 Å². The number of nitro groups is 1. The number of rotatable bonds is 7. The second kappa shape index (κ2) is 10.6. The molecule has 11 nitrogen and oxygen atoms in total. The van der Waals surface area contributed by atoms with Crippen molar-refractivity contribution in [2.75, 3.05) is 4.90 Å². The molecule has 1 atom stereocenters. The highest BCUT2D eigenvalue weighted by Crippen LogP contribution is 2.44. The van der Waals surface area contributed by atoms with Gasteiger partial charge in [0.25, 0.3) is 11.5 Å². The number of Topliss-reactive ketones (excluding diaryl/α,β-unsaturated/α-hetero) is 1. The van der Waals surface area contributed by atoms with Crippen LogP contribution in [-0.2, 0) is 15.3 Å². The molecular formula is C28H20N6O5S2. The number of ketones is 1. The number of nitro benzene ring substituents is 1. The maximum atomic E-state index is 13.6. The minimum atomic E-state index is -1.19. The topological polar surface area (TPSA) is 144 Å². The Hall–Kier alpha value is -4.88. The van der Waals surface area contributed by atoms with Crippen molar-refractivity contribution < 1.29 is 19.6 Å². The minimum absolute atomic E-state index is 0.132. The number of carbonyl (C=O) groups excluding carboxylic acids is 2. The summed E-state index contributed by atoms with van der Waals surface area (Å²) in [5.41, 5.74) is 2.11. The van der Waals surface area contributed by atoms with Gasteiger partial charge in [-0.25, -0.2) is 4.98 Å². The zero-order valence-corrected chi connectivity index (χ0v) is 23.0. The lowest BCUT2D eigenvalue weighted by molar-refractivity contribution is -0.384. The number of pyridine rings is 1. The van der Waals surface area contributed by atoms with E-state index >= 15 is 0 Å². The van der Waals surface area contributed by atoms with E-state index in [4.69, 9.17) is 0 Å². The third-order valence-corrected chi connectivity index (χ3v) is 8.70. The highest BCUT2D eigenvalue weighted by molar-refractivity contribution is 8.00. The van der Waals surface area contributed by atoms with Crippen LogP contribution in [0.15, 0.2) is 88.9 Å². The molecule has 5 aromatic rings. The Balaban J connectivity index is 1.48. The van der Waals surface area contributed by atoms with E-state index < -0.39 is 28.4 Å². The Morgan fingerprint density at radius 2 is 1.85 bits per heavy atom. The van der Waals surface area contributed by atoms with Crippen molar-refractivity contribution in [3.05, 3.63) is 117 Å². The van der Waals surface area contributed by atoms with Gasteiger partial charge in [0.1, 0.15) is 11.3 Å². The number of non-ortho nitro benzene ring substituents is 1. The summed E-state index contributed by atoms with van der Waals surface area (Å²) < 4.78 is 2.19. The van der Waals surface area contributed by atoms with Crippen molar-refractivity contribution in [2.45, 2.75) is 23.1 Å². The van der Waals surface area contributed by atoms with Crippen LogP contribution in [0.3, 0.4) is 0 Å². The first-order chi connectivity index (χ1) is 19.8. The molecule has 0 saturated carbocycles. The third kappa shape index (κ3) is 4.74.